The maximum absolute atomic E-state index is 6.08. The number of ether oxygens (including phenoxy) is 2. The van der Waals surface area contributed by atoms with Crippen LogP contribution in [0.15, 0.2) is 18.2 Å². The molecule has 0 spiro atoms. The Kier molecular flexibility index (Phi) is 4.01. The molecule has 1 aromatic carbocycles. The number of alkyl halides is 1. The summed E-state index contributed by atoms with van der Waals surface area (Å²) in [5.74, 6) is 4.59. The van der Waals surface area contributed by atoms with Gasteiger partial charge in [0.2, 0.25) is 0 Å². The van der Waals surface area contributed by atoms with Gasteiger partial charge in [0.05, 0.1) is 13.7 Å². The van der Waals surface area contributed by atoms with Gasteiger partial charge < -0.3 is 9.47 Å². The van der Waals surface area contributed by atoms with Crippen molar-refractivity contribution in [2.75, 3.05) is 13.7 Å². The van der Waals surface area contributed by atoms with Crippen molar-refractivity contribution in [2.24, 2.45) is 17.8 Å². The number of hydrogen-bond donors (Lipinski definition) is 0. The highest BCUT2D eigenvalue weighted by molar-refractivity contribution is 9.08. The number of fused-ring (bicyclic) bond motifs is 2. The summed E-state index contributed by atoms with van der Waals surface area (Å²) in [5.41, 5.74) is 1.17. The molecule has 2 saturated carbocycles. The molecule has 104 valence electrons. The first-order valence-electron chi connectivity index (χ1n) is 7.16. The number of benzene rings is 1. The van der Waals surface area contributed by atoms with E-state index in [9.17, 15) is 0 Å². The number of rotatable bonds is 5. The highest BCUT2D eigenvalue weighted by Gasteiger charge is 2.39. The van der Waals surface area contributed by atoms with Crippen molar-refractivity contribution in [3.8, 4) is 11.5 Å². The highest BCUT2D eigenvalue weighted by Crippen LogP contribution is 2.48. The fourth-order valence-corrected chi connectivity index (χ4v) is 4.14. The van der Waals surface area contributed by atoms with Gasteiger partial charge in [0, 0.05) is 10.9 Å². The number of hydrogen-bond acceptors (Lipinski definition) is 2. The van der Waals surface area contributed by atoms with Crippen molar-refractivity contribution >= 4 is 15.9 Å². The van der Waals surface area contributed by atoms with Gasteiger partial charge in [0.1, 0.15) is 11.5 Å². The van der Waals surface area contributed by atoms with Gasteiger partial charge in [-0.3, -0.25) is 0 Å². The first-order chi connectivity index (χ1) is 9.30. The van der Waals surface area contributed by atoms with Gasteiger partial charge in [-0.25, -0.2) is 0 Å². The maximum Gasteiger partial charge on any atom is 0.123 e. The Morgan fingerprint density at radius 2 is 2.16 bits per heavy atom. The molecule has 2 aliphatic carbocycles. The molecule has 0 heterocycles. The minimum absolute atomic E-state index is 0.782. The third-order valence-electron chi connectivity index (χ3n) is 4.75. The van der Waals surface area contributed by atoms with Crippen LogP contribution in [0, 0.1) is 17.8 Å². The molecule has 19 heavy (non-hydrogen) atoms. The van der Waals surface area contributed by atoms with E-state index in [0.29, 0.717) is 0 Å². The second-order valence-electron chi connectivity index (χ2n) is 5.85. The largest absolute Gasteiger partial charge is 0.497 e. The third kappa shape index (κ3) is 2.76. The van der Waals surface area contributed by atoms with Crippen LogP contribution in [0.25, 0.3) is 0 Å². The van der Waals surface area contributed by atoms with E-state index in [4.69, 9.17) is 9.47 Å². The Labute approximate surface area is 123 Å². The average molecular weight is 325 g/mol. The summed E-state index contributed by atoms with van der Waals surface area (Å²) in [5, 5.41) is 0.802. The summed E-state index contributed by atoms with van der Waals surface area (Å²) in [6, 6.07) is 6.05. The predicted octanol–water partition coefficient (Wildman–Crippen LogP) is 4.41. The second kappa shape index (κ2) is 5.74. The van der Waals surface area contributed by atoms with Crippen LogP contribution in [0.1, 0.15) is 31.2 Å². The molecule has 3 atom stereocenters. The van der Waals surface area contributed by atoms with Crippen LogP contribution in [0.3, 0.4) is 0 Å². The molecular formula is C16H21BrO2. The molecule has 0 aliphatic heterocycles. The summed E-state index contributed by atoms with van der Waals surface area (Å²) in [7, 11) is 1.70. The molecule has 1 aromatic rings. The zero-order valence-corrected chi connectivity index (χ0v) is 13.0. The van der Waals surface area contributed by atoms with Crippen LogP contribution in [0.2, 0.25) is 0 Å². The topological polar surface area (TPSA) is 18.5 Å². The van der Waals surface area contributed by atoms with Gasteiger partial charge in [0.25, 0.3) is 0 Å². The lowest BCUT2D eigenvalue weighted by atomic mass is 9.89. The Morgan fingerprint density at radius 1 is 1.26 bits per heavy atom. The number of methoxy groups -OCH3 is 1. The normalized spacial score (nSPS) is 28.6. The summed E-state index contributed by atoms with van der Waals surface area (Å²) >= 11 is 3.52. The summed E-state index contributed by atoms with van der Waals surface area (Å²) in [6.07, 6.45) is 5.70. The van der Waals surface area contributed by atoms with Crippen molar-refractivity contribution in [2.45, 2.75) is 31.0 Å². The van der Waals surface area contributed by atoms with E-state index in [1.807, 2.05) is 18.2 Å². The van der Waals surface area contributed by atoms with E-state index in [2.05, 4.69) is 15.9 Å². The van der Waals surface area contributed by atoms with Crippen LogP contribution in [0.4, 0.5) is 0 Å². The van der Waals surface area contributed by atoms with Crippen molar-refractivity contribution in [3.05, 3.63) is 23.8 Å². The van der Waals surface area contributed by atoms with Gasteiger partial charge in [-0.15, -0.1) is 0 Å². The lowest BCUT2D eigenvalue weighted by Crippen LogP contribution is -2.18. The molecule has 0 amide bonds. The van der Waals surface area contributed by atoms with E-state index in [0.717, 1.165) is 41.2 Å². The molecule has 2 aliphatic rings. The van der Waals surface area contributed by atoms with Crippen molar-refractivity contribution in [1.29, 1.82) is 0 Å². The summed E-state index contributed by atoms with van der Waals surface area (Å²) in [4.78, 5) is 0. The van der Waals surface area contributed by atoms with Gasteiger partial charge in [-0.05, 0) is 55.2 Å². The smallest absolute Gasteiger partial charge is 0.123 e. The lowest BCUT2D eigenvalue weighted by Gasteiger charge is -2.22. The lowest BCUT2D eigenvalue weighted by molar-refractivity contribution is 0.194. The Bertz CT molecular complexity index is 446. The van der Waals surface area contributed by atoms with Crippen LogP contribution >= 0.6 is 15.9 Å². The van der Waals surface area contributed by atoms with Crippen molar-refractivity contribution in [1.82, 2.24) is 0 Å². The van der Waals surface area contributed by atoms with E-state index in [1.54, 1.807) is 7.11 Å². The average Bonchev–Trinajstić information content (AvgIpc) is 3.07. The second-order valence-corrected chi connectivity index (χ2v) is 6.41. The third-order valence-corrected chi connectivity index (χ3v) is 5.35. The van der Waals surface area contributed by atoms with Gasteiger partial charge in [0.15, 0.2) is 0 Å². The Morgan fingerprint density at radius 3 is 2.79 bits per heavy atom. The van der Waals surface area contributed by atoms with Crippen molar-refractivity contribution < 1.29 is 9.47 Å². The van der Waals surface area contributed by atoms with Crippen LogP contribution in [-0.2, 0) is 5.33 Å². The van der Waals surface area contributed by atoms with Crippen LogP contribution in [0.5, 0.6) is 11.5 Å². The Balaban J connectivity index is 1.63. The monoisotopic (exact) mass is 324 g/mol. The molecule has 0 radical (unpaired) electrons. The molecule has 3 heteroatoms. The summed E-state index contributed by atoms with van der Waals surface area (Å²) < 4.78 is 11.3. The van der Waals surface area contributed by atoms with Gasteiger partial charge >= 0.3 is 0 Å². The molecule has 0 N–H and O–H groups in total. The fourth-order valence-electron chi connectivity index (χ4n) is 3.71. The highest BCUT2D eigenvalue weighted by atomic mass is 79.9. The predicted molar refractivity (Wildman–Crippen MR) is 80.1 cm³/mol. The zero-order valence-electron chi connectivity index (χ0n) is 11.4. The summed E-state index contributed by atoms with van der Waals surface area (Å²) in [6.45, 7) is 0.882. The first kappa shape index (κ1) is 13.3. The quantitative estimate of drug-likeness (QED) is 0.747. The minimum Gasteiger partial charge on any atom is -0.497 e. The first-order valence-corrected chi connectivity index (χ1v) is 8.28. The van der Waals surface area contributed by atoms with Gasteiger partial charge in [-0.2, -0.15) is 0 Å². The molecule has 0 saturated heterocycles. The van der Waals surface area contributed by atoms with Crippen LogP contribution in [-0.4, -0.2) is 13.7 Å². The molecule has 0 aromatic heterocycles. The van der Waals surface area contributed by atoms with E-state index in [-0.39, 0.29) is 0 Å². The molecule has 2 bridgehead atoms. The van der Waals surface area contributed by atoms with E-state index in [1.165, 1.54) is 31.2 Å². The minimum atomic E-state index is 0.782. The molecule has 2 fully saturated rings. The molecular weight excluding hydrogens is 304 g/mol. The maximum atomic E-state index is 6.08. The van der Waals surface area contributed by atoms with Crippen LogP contribution < -0.4 is 9.47 Å². The standard InChI is InChI=1S/C16H21BrO2/c1-18-15-4-5-16(13(8-15)9-17)19-10-14-7-11-2-3-12(14)6-11/h4-5,8,11-12,14H,2-3,6-7,9-10H2,1H3. The molecule has 3 rings (SSSR count). The SMILES string of the molecule is COc1ccc(OCC2CC3CCC2C3)c(CBr)c1. The van der Waals surface area contributed by atoms with E-state index >= 15 is 0 Å². The number of halogens is 1. The van der Waals surface area contributed by atoms with Gasteiger partial charge in [-0.1, -0.05) is 22.4 Å². The zero-order chi connectivity index (χ0) is 13.2. The van der Waals surface area contributed by atoms with Crippen molar-refractivity contribution in [3.63, 3.8) is 0 Å². The fraction of sp³-hybridized carbons (Fsp3) is 0.625. The molecule has 3 unspecified atom stereocenters. The molecule has 2 nitrogen and oxygen atoms in total. The van der Waals surface area contributed by atoms with E-state index < -0.39 is 0 Å². The Hall–Kier alpha value is -0.700.